The van der Waals surface area contributed by atoms with Gasteiger partial charge in [0.1, 0.15) is 17.3 Å². The molecule has 2 aromatic rings. The van der Waals surface area contributed by atoms with Crippen molar-refractivity contribution in [1.29, 1.82) is 0 Å². The number of esters is 1. The molecule has 2 rings (SSSR count). The number of ether oxygens (including phenoxy) is 2. The van der Waals surface area contributed by atoms with E-state index in [0.717, 1.165) is 16.9 Å². The summed E-state index contributed by atoms with van der Waals surface area (Å²) in [5, 5.41) is 1.40. The standard InChI is InChI=1S/C19H22N2O3S/c1-14(24-15(2)22)19(25)21(20)12-17-9-6-10-18(11-17)23-13-16-7-4-3-5-8-16/h3-11,14H,12-13,20H2,1-2H3/t14-/m0/s1. The predicted molar refractivity (Wildman–Crippen MR) is 101 cm³/mol. The Hall–Kier alpha value is -2.44. The van der Waals surface area contributed by atoms with Crippen molar-refractivity contribution in [2.24, 2.45) is 5.84 Å². The SMILES string of the molecule is CC(=O)O[C@@H](C)C(=S)N(N)Cc1cccc(OCc2ccccc2)c1. The second-order valence-electron chi connectivity index (χ2n) is 5.64. The van der Waals surface area contributed by atoms with Crippen LogP contribution in [0.1, 0.15) is 25.0 Å². The third-order valence-electron chi connectivity index (χ3n) is 3.47. The third-order valence-corrected chi connectivity index (χ3v) is 4.04. The van der Waals surface area contributed by atoms with Crippen molar-refractivity contribution in [3.63, 3.8) is 0 Å². The van der Waals surface area contributed by atoms with Gasteiger partial charge in [0.05, 0.1) is 6.54 Å². The second-order valence-corrected chi connectivity index (χ2v) is 6.06. The van der Waals surface area contributed by atoms with Gasteiger partial charge in [-0.25, -0.2) is 5.84 Å². The maximum atomic E-state index is 11.0. The summed E-state index contributed by atoms with van der Waals surface area (Å²) in [5.74, 6) is 6.37. The quantitative estimate of drug-likeness (QED) is 0.355. The molecular formula is C19H22N2O3S. The molecule has 0 saturated carbocycles. The lowest BCUT2D eigenvalue weighted by molar-refractivity contribution is -0.142. The lowest BCUT2D eigenvalue weighted by atomic mass is 10.2. The first-order valence-corrected chi connectivity index (χ1v) is 8.35. The van der Waals surface area contributed by atoms with Crippen molar-refractivity contribution in [2.45, 2.75) is 33.1 Å². The maximum absolute atomic E-state index is 11.0. The predicted octanol–water partition coefficient (Wildman–Crippen LogP) is 3.22. The Morgan fingerprint density at radius 3 is 2.52 bits per heavy atom. The van der Waals surface area contributed by atoms with E-state index in [9.17, 15) is 4.79 Å². The van der Waals surface area contributed by atoms with Gasteiger partial charge in [-0.1, -0.05) is 54.7 Å². The number of hydrazine groups is 1. The molecule has 0 saturated heterocycles. The van der Waals surface area contributed by atoms with E-state index < -0.39 is 6.10 Å². The summed E-state index contributed by atoms with van der Waals surface area (Å²) in [6.45, 7) is 3.93. The highest BCUT2D eigenvalue weighted by Crippen LogP contribution is 2.16. The van der Waals surface area contributed by atoms with Crippen LogP contribution in [-0.2, 0) is 22.7 Å². The molecule has 0 aromatic heterocycles. The Bertz CT molecular complexity index is 722. The van der Waals surface area contributed by atoms with Crippen molar-refractivity contribution in [3.8, 4) is 5.75 Å². The molecule has 0 radical (unpaired) electrons. The summed E-state index contributed by atoms with van der Waals surface area (Å²) >= 11 is 5.26. The average molecular weight is 358 g/mol. The van der Waals surface area contributed by atoms with Gasteiger partial charge < -0.3 is 9.47 Å². The van der Waals surface area contributed by atoms with Crippen LogP contribution in [0.5, 0.6) is 5.75 Å². The normalized spacial score (nSPS) is 11.5. The largest absolute Gasteiger partial charge is 0.489 e. The van der Waals surface area contributed by atoms with Gasteiger partial charge >= 0.3 is 5.97 Å². The minimum atomic E-state index is -0.546. The molecule has 2 N–H and O–H groups in total. The summed E-state index contributed by atoms with van der Waals surface area (Å²) in [6.07, 6.45) is -0.546. The molecule has 6 heteroatoms. The van der Waals surface area contributed by atoms with Crippen LogP contribution in [0.25, 0.3) is 0 Å². The summed E-state index contributed by atoms with van der Waals surface area (Å²) in [5.41, 5.74) is 2.05. The smallest absolute Gasteiger partial charge is 0.303 e. The van der Waals surface area contributed by atoms with Crippen LogP contribution in [0.15, 0.2) is 54.6 Å². The molecule has 0 aliphatic rings. The number of nitrogens with two attached hydrogens (primary N) is 1. The first-order chi connectivity index (χ1) is 12.0. The molecule has 0 aliphatic carbocycles. The number of rotatable bonds is 7. The van der Waals surface area contributed by atoms with Crippen molar-refractivity contribution >= 4 is 23.2 Å². The van der Waals surface area contributed by atoms with Crippen molar-refractivity contribution < 1.29 is 14.3 Å². The summed E-state index contributed by atoms with van der Waals surface area (Å²) < 4.78 is 10.9. The van der Waals surface area contributed by atoms with Crippen LogP contribution in [0.4, 0.5) is 0 Å². The molecule has 0 amide bonds. The first-order valence-electron chi connectivity index (χ1n) is 7.94. The lowest BCUT2D eigenvalue weighted by Gasteiger charge is -2.23. The van der Waals surface area contributed by atoms with E-state index in [4.69, 9.17) is 27.5 Å². The Balaban J connectivity index is 1.94. The molecule has 0 aliphatic heterocycles. The van der Waals surface area contributed by atoms with Crippen molar-refractivity contribution in [2.75, 3.05) is 0 Å². The fourth-order valence-electron chi connectivity index (χ4n) is 2.28. The number of thiocarbonyl (C=S) groups is 1. The molecule has 0 spiro atoms. The third kappa shape index (κ3) is 6.17. The maximum Gasteiger partial charge on any atom is 0.303 e. The Labute approximate surface area is 153 Å². The zero-order valence-electron chi connectivity index (χ0n) is 14.3. The highest BCUT2D eigenvalue weighted by atomic mass is 32.1. The van der Waals surface area contributed by atoms with Gasteiger partial charge in [0.15, 0.2) is 6.10 Å². The van der Waals surface area contributed by atoms with E-state index in [0.29, 0.717) is 18.1 Å². The van der Waals surface area contributed by atoms with Gasteiger partial charge in [-0.05, 0) is 30.2 Å². The number of hydrogen-bond donors (Lipinski definition) is 1. The Morgan fingerprint density at radius 1 is 1.16 bits per heavy atom. The fraction of sp³-hybridized carbons (Fsp3) is 0.263. The number of benzene rings is 2. The van der Waals surface area contributed by atoms with Crippen molar-refractivity contribution in [1.82, 2.24) is 5.01 Å². The highest BCUT2D eigenvalue weighted by Gasteiger charge is 2.16. The average Bonchev–Trinajstić information content (AvgIpc) is 2.60. The fourth-order valence-corrected chi connectivity index (χ4v) is 2.39. The van der Waals surface area contributed by atoms with Crippen LogP contribution in [-0.4, -0.2) is 22.1 Å². The van der Waals surface area contributed by atoms with E-state index in [2.05, 4.69) is 0 Å². The molecule has 25 heavy (non-hydrogen) atoms. The molecule has 1 atom stereocenters. The van der Waals surface area contributed by atoms with Gasteiger partial charge in [0.2, 0.25) is 0 Å². The number of carbonyl (C=O) groups is 1. The van der Waals surface area contributed by atoms with Crippen LogP contribution < -0.4 is 10.6 Å². The van der Waals surface area contributed by atoms with E-state index in [1.165, 1.54) is 11.9 Å². The van der Waals surface area contributed by atoms with E-state index >= 15 is 0 Å². The molecule has 0 heterocycles. The number of carbonyl (C=O) groups excluding carboxylic acids is 1. The minimum absolute atomic E-state index is 0.366. The van der Waals surface area contributed by atoms with Crippen LogP contribution in [0.3, 0.4) is 0 Å². The minimum Gasteiger partial charge on any atom is -0.489 e. The van der Waals surface area contributed by atoms with Gasteiger partial charge in [0, 0.05) is 6.92 Å². The molecule has 0 unspecified atom stereocenters. The molecule has 0 fully saturated rings. The molecule has 132 valence electrons. The van der Waals surface area contributed by atoms with Crippen LogP contribution >= 0.6 is 12.2 Å². The van der Waals surface area contributed by atoms with Gasteiger partial charge in [0.25, 0.3) is 0 Å². The van der Waals surface area contributed by atoms with Gasteiger partial charge in [-0.3, -0.25) is 9.80 Å². The molecule has 0 bridgehead atoms. The van der Waals surface area contributed by atoms with Gasteiger partial charge in [-0.15, -0.1) is 0 Å². The highest BCUT2D eigenvalue weighted by molar-refractivity contribution is 7.80. The van der Waals surface area contributed by atoms with Crippen molar-refractivity contribution in [3.05, 3.63) is 65.7 Å². The van der Waals surface area contributed by atoms with E-state index in [1.54, 1.807) is 6.92 Å². The Kier molecular flexibility index (Phi) is 6.91. The lowest BCUT2D eigenvalue weighted by Crippen LogP contribution is -2.42. The van der Waals surface area contributed by atoms with E-state index in [1.807, 2.05) is 54.6 Å². The first kappa shape index (κ1) is 18.9. The summed E-state index contributed by atoms with van der Waals surface area (Å²) in [4.78, 5) is 11.4. The number of hydrogen-bond acceptors (Lipinski definition) is 5. The summed E-state index contributed by atoms with van der Waals surface area (Å²) in [6, 6.07) is 17.6. The molecular weight excluding hydrogens is 336 g/mol. The van der Waals surface area contributed by atoms with Crippen LogP contribution in [0, 0.1) is 0 Å². The Morgan fingerprint density at radius 2 is 1.84 bits per heavy atom. The van der Waals surface area contributed by atoms with Crippen LogP contribution in [0.2, 0.25) is 0 Å². The topological polar surface area (TPSA) is 64.8 Å². The summed E-state index contributed by atoms with van der Waals surface area (Å²) in [7, 11) is 0. The zero-order chi connectivity index (χ0) is 18.2. The number of nitrogens with zero attached hydrogens (tertiary/aromatic N) is 1. The molecule has 5 nitrogen and oxygen atoms in total. The molecule has 2 aromatic carbocycles. The zero-order valence-corrected chi connectivity index (χ0v) is 15.2. The second kappa shape index (κ2) is 9.15. The van der Waals surface area contributed by atoms with Gasteiger partial charge in [-0.2, -0.15) is 0 Å². The monoisotopic (exact) mass is 358 g/mol. The van der Waals surface area contributed by atoms with E-state index in [-0.39, 0.29) is 5.97 Å².